The number of nitrogens with zero attached hydrogens (tertiary/aromatic N) is 6. The molecule has 1 aliphatic heterocycles. The first kappa shape index (κ1) is 16.7. The summed E-state index contributed by atoms with van der Waals surface area (Å²) in [7, 11) is 0. The van der Waals surface area contributed by atoms with Crippen LogP contribution in [0.5, 0.6) is 0 Å². The molecule has 9 heteroatoms. The highest BCUT2D eigenvalue weighted by Crippen LogP contribution is 2.27. The van der Waals surface area contributed by atoms with Gasteiger partial charge < -0.3 is 5.32 Å². The lowest BCUT2D eigenvalue weighted by Gasteiger charge is -2.09. The van der Waals surface area contributed by atoms with Crippen LogP contribution in [0.3, 0.4) is 0 Å². The van der Waals surface area contributed by atoms with Crippen molar-refractivity contribution >= 4 is 39.8 Å². The first-order chi connectivity index (χ1) is 13.7. The second-order valence-corrected chi connectivity index (χ2v) is 7.19. The van der Waals surface area contributed by atoms with Crippen LogP contribution in [-0.2, 0) is 6.42 Å². The number of nitrogens with one attached hydrogen (secondary N) is 1. The van der Waals surface area contributed by atoms with E-state index in [-0.39, 0.29) is 5.82 Å². The van der Waals surface area contributed by atoms with E-state index in [0.29, 0.717) is 12.2 Å². The Bertz CT molecular complexity index is 1240. The molecule has 4 aromatic heterocycles. The molecule has 28 heavy (non-hydrogen) atoms. The van der Waals surface area contributed by atoms with E-state index in [1.165, 1.54) is 23.8 Å². The molecular formula is C19H14FN7S. The highest BCUT2D eigenvalue weighted by atomic mass is 32.1. The van der Waals surface area contributed by atoms with Crippen molar-refractivity contribution in [2.24, 2.45) is 4.99 Å². The molecule has 0 atom stereocenters. The molecule has 1 aliphatic rings. The van der Waals surface area contributed by atoms with Crippen LogP contribution in [0.25, 0.3) is 11.2 Å². The Morgan fingerprint density at radius 2 is 2.07 bits per heavy atom. The molecule has 0 amide bonds. The second kappa shape index (κ2) is 6.61. The molecule has 0 bridgehead atoms. The van der Waals surface area contributed by atoms with Gasteiger partial charge in [0.05, 0.1) is 29.5 Å². The Balaban J connectivity index is 1.42. The molecule has 7 nitrogen and oxygen atoms in total. The molecule has 5 rings (SSSR count). The highest BCUT2D eigenvalue weighted by Gasteiger charge is 2.15. The Morgan fingerprint density at radius 3 is 2.82 bits per heavy atom. The molecule has 0 radical (unpaired) electrons. The van der Waals surface area contributed by atoms with Crippen LogP contribution >= 0.6 is 11.5 Å². The van der Waals surface area contributed by atoms with Gasteiger partial charge in [-0.2, -0.15) is 4.37 Å². The van der Waals surface area contributed by atoms with Gasteiger partial charge in [0.25, 0.3) is 0 Å². The number of aryl methyl sites for hydroxylation is 1. The average molecular weight is 391 g/mol. The van der Waals surface area contributed by atoms with Gasteiger partial charge in [0.1, 0.15) is 10.8 Å². The monoisotopic (exact) mass is 391 g/mol. The second-order valence-electron chi connectivity index (χ2n) is 6.38. The number of allylic oxidation sites excluding steroid dienone is 1. The van der Waals surface area contributed by atoms with Crippen LogP contribution in [0.2, 0.25) is 0 Å². The normalized spacial score (nSPS) is 12.9. The van der Waals surface area contributed by atoms with E-state index in [4.69, 9.17) is 0 Å². The largest absolute Gasteiger partial charge is 0.328 e. The van der Waals surface area contributed by atoms with Crippen molar-refractivity contribution in [3.05, 3.63) is 71.6 Å². The standard InChI is InChI=1S/C19H14FN7S/c1-11-10-27-16(12-6-21-7-12)9-23-19(27)18(24-11)25-17-5-15(26-28-17)4-14-3-2-13(20)8-22-14/h2-3,5-10H,4H2,1H3,(H,24,25). The number of aromatic nitrogens is 5. The SMILES string of the molecule is Cc1cn2c(C3=CN=C3)cnc2c(Nc2cc(Cc3ccc(F)cn3)ns2)n1. The van der Waals surface area contributed by atoms with Gasteiger partial charge in [-0.3, -0.25) is 14.4 Å². The molecule has 138 valence electrons. The van der Waals surface area contributed by atoms with Crippen LogP contribution in [-0.4, -0.2) is 29.9 Å². The summed E-state index contributed by atoms with van der Waals surface area (Å²) in [5.74, 6) is 0.320. The quantitative estimate of drug-likeness (QED) is 0.560. The summed E-state index contributed by atoms with van der Waals surface area (Å²) in [6.07, 6.45) is 9.14. The lowest BCUT2D eigenvalue weighted by Crippen LogP contribution is -2.02. The number of rotatable bonds is 5. The number of anilines is 2. The Hall–Kier alpha value is -3.46. The maximum absolute atomic E-state index is 13.0. The van der Waals surface area contributed by atoms with Crippen molar-refractivity contribution in [2.75, 3.05) is 5.32 Å². The molecule has 1 N–H and O–H groups in total. The van der Waals surface area contributed by atoms with Gasteiger partial charge in [-0.05, 0) is 36.7 Å². The van der Waals surface area contributed by atoms with Crippen LogP contribution in [0.4, 0.5) is 15.2 Å². The van der Waals surface area contributed by atoms with E-state index in [2.05, 4.69) is 29.6 Å². The first-order valence-corrected chi connectivity index (χ1v) is 9.34. The summed E-state index contributed by atoms with van der Waals surface area (Å²) in [6.45, 7) is 1.94. The van der Waals surface area contributed by atoms with E-state index in [9.17, 15) is 4.39 Å². The lowest BCUT2D eigenvalue weighted by atomic mass is 10.2. The minimum absolute atomic E-state index is 0.345. The third-order valence-electron chi connectivity index (χ3n) is 4.29. The lowest BCUT2D eigenvalue weighted by molar-refractivity contribution is 0.619. The number of hydrogen-bond donors (Lipinski definition) is 1. The van der Waals surface area contributed by atoms with Gasteiger partial charge in [0.15, 0.2) is 11.5 Å². The number of pyridine rings is 1. The van der Waals surface area contributed by atoms with Crippen LogP contribution in [0, 0.1) is 12.7 Å². The smallest absolute Gasteiger partial charge is 0.180 e. The molecule has 0 fully saturated rings. The van der Waals surface area contributed by atoms with Crippen molar-refractivity contribution in [3.8, 4) is 0 Å². The van der Waals surface area contributed by atoms with E-state index in [0.717, 1.165) is 39.0 Å². The topological polar surface area (TPSA) is 80.4 Å². The molecule has 0 saturated heterocycles. The fourth-order valence-corrected chi connectivity index (χ4v) is 3.62. The zero-order valence-corrected chi connectivity index (χ0v) is 15.6. The minimum atomic E-state index is -0.345. The van der Waals surface area contributed by atoms with Crippen LogP contribution < -0.4 is 5.32 Å². The van der Waals surface area contributed by atoms with Gasteiger partial charge in [-0.25, -0.2) is 14.4 Å². The molecule has 0 aliphatic carbocycles. The van der Waals surface area contributed by atoms with Crippen molar-refractivity contribution in [1.82, 2.24) is 23.7 Å². The number of aliphatic imine (C=N–C) groups is 1. The van der Waals surface area contributed by atoms with E-state index in [1.54, 1.807) is 6.07 Å². The zero-order chi connectivity index (χ0) is 19.1. The van der Waals surface area contributed by atoms with E-state index in [1.807, 2.05) is 42.2 Å². The van der Waals surface area contributed by atoms with Crippen LogP contribution in [0.15, 0.2) is 48.0 Å². The number of hydrogen-bond acceptors (Lipinski definition) is 7. The van der Waals surface area contributed by atoms with Gasteiger partial charge in [0, 0.05) is 36.3 Å². The van der Waals surface area contributed by atoms with Gasteiger partial charge in [-0.1, -0.05) is 0 Å². The van der Waals surface area contributed by atoms with Gasteiger partial charge in [-0.15, -0.1) is 0 Å². The van der Waals surface area contributed by atoms with Crippen LogP contribution in [0.1, 0.15) is 22.8 Å². The fraction of sp³-hybridized carbons (Fsp3) is 0.105. The van der Waals surface area contributed by atoms with E-state index < -0.39 is 0 Å². The molecule has 0 spiro atoms. The Morgan fingerprint density at radius 1 is 1.18 bits per heavy atom. The number of imidazole rings is 1. The predicted octanol–water partition coefficient (Wildman–Crippen LogP) is 3.79. The molecule has 5 heterocycles. The first-order valence-electron chi connectivity index (χ1n) is 8.57. The minimum Gasteiger partial charge on any atom is -0.328 e. The van der Waals surface area contributed by atoms with Crippen molar-refractivity contribution in [2.45, 2.75) is 13.3 Å². The summed E-state index contributed by atoms with van der Waals surface area (Å²) in [6, 6.07) is 5.01. The predicted molar refractivity (Wildman–Crippen MR) is 107 cm³/mol. The Kier molecular flexibility index (Phi) is 3.94. The van der Waals surface area contributed by atoms with E-state index >= 15 is 0 Å². The molecule has 0 aromatic carbocycles. The molecule has 0 unspecified atom stereocenters. The molecular weight excluding hydrogens is 377 g/mol. The number of halogens is 1. The highest BCUT2D eigenvalue weighted by molar-refractivity contribution is 7.10. The zero-order valence-electron chi connectivity index (χ0n) is 14.8. The van der Waals surface area contributed by atoms with Gasteiger partial charge in [0.2, 0.25) is 0 Å². The summed E-state index contributed by atoms with van der Waals surface area (Å²) in [5, 5.41) is 4.17. The Labute approximate surface area is 163 Å². The summed E-state index contributed by atoms with van der Waals surface area (Å²) in [4.78, 5) is 17.2. The van der Waals surface area contributed by atoms with Crippen molar-refractivity contribution in [3.63, 3.8) is 0 Å². The van der Waals surface area contributed by atoms with Crippen molar-refractivity contribution in [1.29, 1.82) is 0 Å². The summed E-state index contributed by atoms with van der Waals surface area (Å²) >= 11 is 1.34. The maximum atomic E-state index is 13.0. The van der Waals surface area contributed by atoms with Gasteiger partial charge >= 0.3 is 0 Å². The maximum Gasteiger partial charge on any atom is 0.180 e. The fourth-order valence-electron chi connectivity index (χ4n) is 2.95. The summed E-state index contributed by atoms with van der Waals surface area (Å²) < 4.78 is 19.5. The number of fused-ring (bicyclic) bond motifs is 1. The van der Waals surface area contributed by atoms with Crippen molar-refractivity contribution < 1.29 is 4.39 Å². The summed E-state index contributed by atoms with van der Waals surface area (Å²) in [5.41, 5.74) is 5.24. The average Bonchev–Trinajstić information content (AvgIpc) is 3.23. The molecule has 4 aromatic rings. The third-order valence-corrected chi connectivity index (χ3v) is 5.03. The molecule has 0 saturated carbocycles. The third kappa shape index (κ3) is 3.05.